The Labute approximate surface area is 110 Å². The zero-order valence-corrected chi connectivity index (χ0v) is 10.5. The predicted octanol–water partition coefficient (Wildman–Crippen LogP) is 3.26. The van der Waals surface area contributed by atoms with Crippen molar-refractivity contribution in [3.8, 4) is 11.6 Å². The molecule has 5 heteroatoms. The summed E-state index contributed by atoms with van der Waals surface area (Å²) in [5.41, 5.74) is 0.802. The van der Waals surface area contributed by atoms with Crippen LogP contribution in [-0.4, -0.2) is 11.5 Å². The Kier molecular flexibility index (Phi) is 4.41. The van der Waals surface area contributed by atoms with E-state index in [-0.39, 0.29) is 5.75 Å². The standard InChI is InChI=1S/C14H14F2N2O/c1-2-17-9-12-4-3-5-14(18-12)19-13-7-10(15)6-11(16)8-13/h3-8,17H,2,9H2,1H3. The Hall–Kier alpha value is -2.01. The number of aromatic nitrogens is 1. The van der Waals surface area contributed by atoms with Crippen molar-refractivity contribution in [2.45, 2.75) is 13.5 Å². The summed E-state index contributed by atoms with van der Waals surface area (Å²) >= 11 is 0. The third-order valence-electron chi connectivity index (χ3n) is 2.40. The van der Waals surface area contributed by atoms with Gasteiger partial charge < -0.3 is 10.1 Å². The molecule has 1 aromatic carbocycles. The lowest BCUT2D eigenvalue weighted by molar-refractivity contribution is 0.448. The first kappa shape index (κ1) is 13.4. The van der Waals surface area contributed by atoms with Gasteiger partial charge in [-0.25, -0.2) is 13.8 Å². The summed E-state index contributed by atoms with van der Waals surface area (Å²) in [4.78, 5) is 4.24. The third kappa shape index (κ3) is 3.99. The van der Waals surface area contributed by atoms with E-state index >= 15 is 0 Å². The smallest absolute Gasteiger partial charge is 0.219 e. The number of hydrogen-bond acceptors (Lipinski definition) is 3. The number of pyridine rings is 1. The minimum atomic E-state index is -0.682. The zero-order chi connectivity index (χ0) is 13.7. The van der Waals surface area contributed by atoms with Crippen LogP contribution in [0.2, 0.25) is 0 Å². The van der Waals surface area contributed by atoms with Crippen LogP contribution in [-0.2, 0) is 6.54 Å². The first-order valence-corrected chi connectivity index (χ1v) is 5.98. The van der Waals surface area contributed by atoms with Crippen LogP contribution in [0.1, 0.15) is 12.6 Å². The largest absolute Gasteiger partial charge is 0.439 e. The summed E-state index contributed by atoms with van der Waals surface area (Å²) in [7, 11) is 0. The Morgan fingerprint density at radius 2 is 1.89 bits per heavy atom. The van der Waals surface area contributed by atoms with Crippen molar-refractivity contribution in [1.82, 2.24) is 10.3 Å². The van der Waals surface area contributed by atoms with Gasteiger partial charge in [0.1, 0.15) is 17.4 Å². The van der Waals surface area contributed by atoms with Gasteiger partial charge in [-0.05, 0) is 12.6 Å². The highest BCUT2D eigenvalue weighted by molar-refractivity contribution is 5.28. The number of nitrogens with one attached hydrogen (secondary N) is 1. The van der Waals surface area contributed by atoms with Crippen molar-refractivity contribution < 1.29 is 13.5 Å². The molecule has 19 heavy (non-hydrogen) atoms. The first-order chi connectivity index (χ1) is 9.17. The van der Waals surface area contributed by atoms with Gasteiger partial charge in [-0.15, -0.1) is 0 Å². The molecule has 3 nitrogen and oxygen atoms in total. The van der Waals surface area contributed by atoms with E-state index in [9.17, 15) is 8.78 Å². The first-order valence-electron chi connectivity index (χ1n) is 5.98. The van der Waals surface area contributed by atoms with E-state index in [4.69, 9.17) is 4.74 Å². The van der Waals surface area contributed by atoms with Crippen molar-refractivity contribution in [2.75, 3.05) is 6.54 Å². The van der Waals surface area contributed by atoms with E-state index in [0.29, 0.717) is 12.4 Å². The lowest BCUT2D eigenvalue weighted by atomic mass is 10.3. The highest BCUT2D eigenvalue weighted by Crippen LogP contribution is 2.21. The van der Waals surface area contributed by atoms with E-state index in [1.807, 2.05) is 13.0 Å². The highest BCUT2D eigenvalue weighted by Gasteiger charge is 2.04. The Morgan fingerprint density at radius 1 is 1.16 bits per heavy atom. The van der Waals surface area contributed by atoms with Crippen LogP contribution in [0.4, 0.5) is 8.78 Å². The average Bonchev–Trinajstić information content (AvgIpc) is 2.35. The second-order valence-corrected chi connectivity index (χ2v) is 3.95. The number of ether oxygens (including phenoxy) is 1. The molecule has 0 amide bonds. The maximum Gasteiger partial charge on any atom is 0.219 e. The van der Waals surface area contributed by atoms with Gasteiger partial charge in [-0.2, -0.15) is 0 Å². The monoisotopic (exact) mass is 264 g/mol. The molecule has 0 spiro atoms. The number of rotatable bonds is 5. The normalized spacial score (nSPS) is 10.5. The molecule has 0 saturated heterocycles. The van der Waals surface area contributed by atoms with Crippen LogP contribution in [0.25, 0.3) is 0 Å². The molecule has 0 saturated carbocycles. The molecule has 0 fully saturated rings. The molecule has 0 unspecified atom stereocenters. The second kappa shape index (κ2) is 6.24. The quantitative estimate of drug-likeness (QED) is 0.900. The number of hydrogen-bond donors (Lipinski definition) is 1. The fourth-order valence-electron chi connectivity index (χ4n) is 1.57. The van der Waals surface area contributed by atoms with Crippen LogP contribution in [0.5, 0.6) is 11.6 Å². The molecule has 0 bridgehead atoms. The molecule has 0 radical (unpaired) electrons. The van der Waals surface area contributed by atoms with Crippen molar-refractivity contribution in [3.63, 3.8) is 0 Å². The van der Waals surface area contributed by atoms with Gasteiger partial charge in [-0.3, -0.25) is 0 Å². The molecule has 1 heterocycles. The number of halogens is 2. The lowest BCUT2D eigenvalue weighted by Crippen LogP contribution is -2.12. The summed E-state index contributed by atoms with van der Waals surface area (Å²) in [5.74, 6) is -0.969. The van der Waals surface area contributed by atoms with Gasteiger partial charge >= 0.3 is 0 Å². The fraction of sp³-hybridized carbons (Fsp3) is 0.214. The molecule has 2 aromatic rings. The van der Waals surface area contributed by atoms with Crippen LogP contribution in [0, 0.1) is 11.6 Å². The maximum absolute atomic E-state index is 13.0. The third-order valence-corrected chi connectivity index (χ3v) is 2.40. The zero-order valence-electron chi connectivity index (χ0n) is 10.5. The molecule has 0 atom stereocenters. The Morgan fingerprint density at radius 3 is 2.58 bits per heavy atom. The van der Waals surface area contributed by atoms with E-state index in [2.05, 4.69) is 10.3 Å². The molecule has 100 valence electrons. The van der Waals surface area contributed by atoms with Crippen molar-refractivity contribution in [3.05, 3.63) is 53.7 Å². The van der Waals surface area contributed by atoms with E-state index < -0.39 is 11.6 Å². The van der Waals surface area contributed by atoms with Gasteiger partial charge in [0.2, 0.25) is 5.88 Å². The van der Waals surface area contributed by atoms with Gasteiger partial charge in [0.25, 0.3) is 0 Å². The van der Waals surface area contributed by atoms with Crippen LogP contribution in [0.15, 0.2) is 36.4 Å². The molecule has 1 aromatic heterocycles. The lowest BCUT2D eigenvalue weighted by Gasteiger charge is -2.07. The molecule has 0 aliphatic carbocycles. The molecule has 0 aliphatic rings. The van der Waals surface area contributed by atoms with Gasteiger partial charge in [0.15, 0.2) is 0 Å². The maximum atomic E-state index is 13.0. The number of nitrogens with zero attached hydrogens (tertiary/aromatic N) is 1. The molecule has 0 aliphatic heterocycles. The van der Waals surface area contributed by atoms with E-state index in [1.54, 1.807) is 12.1 Å². The Balaban J connectivity index is 2.13. The van der Waals surface area contributed by atoms with Gasteiger partial charge in [0.05, 0.1) is 5.69 Å². The summed E-state index contributed by atoms with van der Waals surface area (Å²) < 4.78 is 31.4. The van der Waals surface area contributed by atoms with Gasteiger partial charge in [-0.1, -0.05) is 13.0 Å². The Bertz CT molecular complexity index is 541. The molecule has 2 rings (SSSR count). The topological polar surface area (TPSA) is 34.1 Å². The summed E-state index contributed by atoms with van der Waals surface area (Å²) in [6.45, 7) is 3.45. The predicted molar refractivity (Wildman–Crippen MR) is 68.0 cm³/mol. The highest BCUT2D eigenvalue weighted by atomic mass is 19.1. The molecular weight excluding hydrogens is 250 g/mol. The fourth-order valence-corrected chi connectivity index (χ4v) is 1.57. The van der Waals surface area contributed by atoms with Crippen LogP contribution in [0.3, 0.4) is 0 Å². The van der Waals surface area contributed by atoms with Crippen molar-refractivity contribution in [1.29, 1.82) is 0 Å². The second-order valence-electron chi connectivity index (χ2n) is 3.95. The van der Waals surface area contributed by atoms with Gasteiger partial charge in [0, 0.05) is 30.8 Å². The SMILES string of the molecule is CCNCc1cccc(Oc2cc(F)cc(F)c2)n1. The number of benzene rings is 1. The van der Waals surface area contributed by atoms with Crippen molar-refractivity contribution >= 4 is 0 Å². The van der Waals surface area contributed by atoms with E-state index in [1.165, 1.54) is 0 Å². The average molecular weight is 264 g/mol. The van der Waals surface area contributed by atoms with Crippen LogP contribution >= 0.6 is 0 Å². The van der Waals surface area contributed by atoms with Crippen molar-refractivity contribution in [2.24, 2.45) is 0 Å². The van der Waals surface area contributed by atoms with E-state index in [0.717, 1.165) is 30.4 Å². The molecule has 1 N–H and O–H groups in total. The molecular formula is C14H14F2N2O. The van der Waals surface area contributed by atoms with Crippen LogP contribution < -0.4 is 10.1 Å². The summed E-state index contributed by atoms with van der Waals surface area (Å²) in [6, 6.07) is 8.29. The minimum Gasteiger partial charge on any atom is -0.439 e. The minimum absolute atomic E-state index is 0.0885. The summed E-state index contributed by atoms with van der Waals surface area (Å²) in [5, 5.41) is 3.14. The summed E-state index contributed by atoms with van der Waals surface area (Å²) in [6.07, 6.45) is 0.